The lowest BCUT2D eigenvalue weighted by Gasteiger charge is -2.13. The zero-order chi connectivity index (χ0) is 13.5. The Morgan fingerprint density at radius 3 is 2.72 bits per heavy atom. The fourth-order valence-electron chi connectivity index (χ4n) is 1.44. The third-order valence-corrected chi connectivity index (χ3v) is 2.38. The third kappa shape index (κ3) is 3.63. The van der Waals surface area contributed by atoms with Crippen LogP contribution < -0.4 is 14.8 Å². The summed E-state index contributed by atoms with van der Waals surface area (Å²) in [6, 6.07) is 4.68. The molecule has 0 aliphatic heterocycles. The van der Waals surface area contributed by atoms with Gasteiger partial charge >= 0.3 is 0 Å². The van der Waals surface area contributed by atoms with Gasteiger partial charge in [-0.25, -0.2) is 0 Å². The molecule has 1 aromatic carbocycles. The SMILES string of the molecule is CCOc1cc(C(=O)N[C@@H](C)CO)ccc1OC. The minimum atomic E-state index is -0.282. The Bertz CT molecular complexity index is 406. The number of hydrogen-bond acceptors (Lipinski definition) is 4. The van der Waals surface area contributed by atoms with Crippen LogP contribution in [0.3, 0.4) is 0 Å². The summed E-state index contributed by atoms with van der Waals surface area (Å²) in [6.45, 7) is 3.99. The van der Waals surface area contributed by atoms with E-state index in [9.17, 15) is 4.79 Å². The Kier molecular flexibility index (Phi) is 5.45. The highest BCUT2D eigenvalue weighted by Crippen LogP contribution is 2.27. The van der Waals surface area contributed by atoms with E-state index in [1.165, 1.54) is 0 Å². The number of aliphatic hydroxyl groups is 1. The molecule has 0 saturated carbocycles. The van der Waals surface area contributed by atoms with E-state index in [2.05, 4.69) is 5.32 Å². The van der Waals surface area contributed by atoms with Crippen LogP contribution in [0.15, 0.2) is 18.2 Å². The van der Waals surface area contributed by atoms with E-state index in [1.54, 1.807) is 32.2 Å². The zero-order valence-corrected chi connectivity index (χ0v) is 10.9. The molecule has 0 bridgehead atoms. The number of aliphatic hydroxyl groups excluding tert-OH is 1. The van der Waals surface area contributed by atoms with E-state index in [-0.39, 0.29) is 18.6 Å². The van der Waals surface area contributed by atoms with Crippen LogP contribution in [0.2, 0.25) is 0 Å². The first kappa shape index (κ1) is 14.3. The molecule has 0 aromatic heterocycles. The van der Waals surface area contributed by atoms with Gasteiger partial charge in [-0.3, -0.25) is 4.79 Å². The van der Waals surface area contributed by atoms with Crippen LogP contribution >= 0.6 is 0 Å². The van der Waals surface area contributed by atoms with E-state index >= 15 is 0 Å². The fraction of sp³-hybridized carbons (Fsp3) is 0.462. The van der Waals surface area contributed by atoms with Crippen LogP contribution in [0, 0.1) is 0 Å². The van der Waals surface area contributed by atoms with Crippen LogP contribution in [0.25, 0.3) is 0 Å². The predicted molar refractivity (Wildman–Crippen MR) is 68.2 cm³/mol. The van der Waals surface area contributed by atoms with Gasteiger partial charge in [-0.15, -0.1) is 0 Å². The van der Waals surface area contributed by atoms with Crippen molar-refractivity contribution in [2.45, 2.75) is 19.9 Å². The molecule has 0 aliphatic rings. The van der Waals surface area contributed by atoms with Gasteiger partial charge in [0.25, 0.3) is 5.91 Å². The van der Waals surface area contributed by atoms with Gasteiger partial charge in [0.2, 0.25) is 0 Å². The second-order valence-electron chi connectivity index (χ2n) is 3.86. The summed E-state index contributed by atoms with van der Waals surface area (Å²) in [7, 11) is 1.55. The van der Waals surface area contributed by atoms with Gasteiger partial charge in [0.05, 0.1) is 20.3 Å². The molecule has 1 atom stereocenters. The molecular formula is C13H19NO4. The lowest BCUT2D eigenvalue weighted by molar-refractivity contribution is 0.0922. The Labute approximate surface area is 107 Å². The topological polar surface area (TPSA) is 67.8 Å². The molecule has 0 heterocycles. The van der Waals surface area contributed by atoms with Gasteiger partial charge in [-0.1, -0.05) is 0 Å². The van der Waals surface area contributed by atoms with Gasteiger partial charge in [-0.2, -0.15) is 0 Å². The molecule has 0 unspecified atom stereocenters. The number of nitrogens with one attached hydrogen (secondary N) is 1. The van der Waals surface area contributed by atoms with Crippen LogP contribution in [-0.2, 0) is 0 Å². The van der Waals surface area contributed by atoms with Crippen molar-refractivity contribution in [2.24, 2.45) is 0 Å². The molecule has 18 heavy (non-hydrogen) atoms. The summed E-state index contributed by atoms with van der Waals surface area (Å²) < 4.78 is 10.5. The minimum absolute atomic E-state index is 0.0970. The molecule has 1 amide bonds. The Morgan fingerprint density at radius 1 is 1.44 bits per heavy atom. The van der Waals surface area contributed by atoms with Crippen molar-refractivity contribution in [3.8, 4) is 11.5 Å². The standard InChI is InChI=1S/C13H19NO4/c1-4-18-12-7-10(5-6-11(12)17-3)13(16)14-9(2)8-15/h5-7,9,15H,4,8H2,1-3H3,(H,14,16)/t9-/m0/s1. The highest BCUT2D eigenvalue weighted by atomic mass is 16.5. The van der Waals surface area contributed by atoms with Crippen molar-refractivity contribution in [3.63, 3.8) is 0 Å². The first-order valence-electron chi connectivity index (χ1n) is 5.84. The van der Waals surface area contributed by atoms with E-state index < -0.39 is 0 Å². The van der Waals surface area contributed by atoms with Gasteiger partial charge in [0.1, 0.15) is 0 Å². The smallest absolute Gasteiger partial charge is 0.251 e. The number of carbonyl (C=O) groups excluding carboxylic acids is 1. The van der Waals surface area contributed by atoms with Crippen LogP contribution in [-0.4, -0.2) is 37.4 Å². The fourth-order valence-corrected chi connectivity index (χ4v) is 1.44. The summed E-state index contributed by atoms with van der Waals surface area (Å²) in [5.41, 5.74) is 0.472. The summed E-state index contributed by atoms with van der Waals surface area (Å²) in [4.78, 5) is 11.9. The Hall–Kier alpha value is -1.75. The zero-order valence-electron chi connectivity index (χ0n) is 10.9. The molecule has 0 spiro atoms. The maximum Gasteiger partial charge on any atom is 0.251 e. The molecule has 0 fully saturated rings. The molecule has 1 aromatic rings. The molecule has 1 rings (SSSR count). The molecule has 5 heteroatoms. The lowest BCUT2D eigenvalue weighted by atomic mass is 10.1. The summed E-state index contributed by atoms with van der Waals surface area (Å²) in [5, 5.41) is 11.6. The number of rotatable bonds is 6. The van der Waals surface area contributed by atoms with Crippen molar-refractivity contribution in [3.05, 3.63) is 23.8 Å². The van der Waals surface area contributed by atoms with E-state index in [0.717, 1.165) is 0 Å². The van der Waals surface area contributed by atoms with Crippen LogP contribution in [0.1, 0.15) is 24.2 Å². The maximum atomic E-state index is 11.9. The van der Waals surface area contributed by atoms with Gasteiger partial charge in [0.15, 0.2) is 11.5 Å². The van der Waals surface area contributed by atoms with Crippen LogP contribution in [0.5, 0.6) is 11.5 Å². The normalized spacial score (nSPS) is 11.8. The van der Waals surface area contributed by atoms with E-state index in [0.29, 0.717) is 23.7 Å². The number of benzene rings is 1. The maximum absolute atomic E-state index is 11.9. The molecular weight excluding hydrogens is 234 g/mol. The van der Waals surface area contributed by atoms with Crippen molar-refractivity contribution < 1.29 is 19.4 Å². The largest absolute Gasteiger partial charge is 0.493 e. The lowest BCUT2D eigenvalue weighted by Crippen LogP contribution is -2.34. The summed E-state index contributed by atoms with van der Waals surface area (Å²) in [5.74, 6) is 0.869. The number of hydrogen-bond donors (Lipinski definition) is 2. The van der Waals surface area contributed by atoms with Crippen molar-refractivity contribution in [1.29, 1.82) is 0 Å². The van der Waals surface area contributed by atoms with Crippen molar-refractivity contribution in [1.82, 2.24) is 5.32 Å². The molecule has 0 aliphatic carbocycles. The van der Waals surface area contributed by atoms with Gasteiger partial charge in [-0.05, 0) is 32.0 Å². The average Bonchev–Trinajstić information content (AvgIpc) is 2.38. The third-order valence-electron chi connectivity index (χ3n) is 2.38. The molecule has 2 N–H and O–H groups in total. The molecule has 0 radical (unpaired) electrons. The monoisotopic (exact) mass is 253 g/mol. The highest BCUT2D eigenvalue weighted by molar-refractivity contribution is 5.95. The van der Waals surface area contributed by atoms with Crippen molar-refractivity contribution >= 4 is 5.91 Å². The number of amides is 1. The van der Waals surface area contributed by atoms with E-state index in [4.69, 9.17) is 14.6 Å². The highest BCUT2D eigenvalue weighted by Gasteiger charge is 2.12. The molecule has 100 valence electrons. The second kappa shape index (κ2) is 6.86. The first-order valence-corrected chi connectivity index (χ1v) is 5.84. The molecule has 0 saturated heterocycles. The number of ether oxygens (including phenoxy) is 2. The summed E-state index contributed by atoms with van der Waals surface area (Å²) >= 11 is 0. The number of carbonyl (C=O) groups is 1. The first-order chi connectivity index (χ1) is 8.62. The quantitative estimate of drug-likeness (QED) is 0.799. The molecule has 5 nitrogen and oxygen atoms in total. The van der Waals surface area contributed by atoms with E-state index in [1.807, 2.05) is 6.92 Å². The predicted octanol–water partition coefficient (Wildman–Crippen LogP) is 1.20. The Morgan fingerprint density at radius 2 is 2.17 bits per heavy atom. The number of methoxy groups -OCH3 is 1. The average molecular weight is 253 g/mol. The summed E-state index contributed by atoms with van der Waals surface area (Å²) in [6.07, 6.45) is 0. The Balaban J connectivity index is 2.89. The van der Waals surface area contributed by atoms with Crippen LogP contribution in [0.4, 0.5) is 0 Å². The van der Waals surface area contributed by atoms with Gasteiger partial charge < -0.3 is 19.9 Å². The van der Waals surface area contributed by atoms with Crippen molar-refractivity contribution in [2.75, 3.05) is 20.3 Å². The minimum Gasteiger partial charge on any atom is -0.493 e. The van der Waals surface area contributed by atoms with Gasteiger partial charge in [0, 0.05) is 11.6 Å². The second-order valence-corrected chi connectivity index (χ2v) is 3.86.